The molecule has 0 spiro atoms. The normalized spacial score (nSPS) is 17.7. The first-order valence-electron chi connectivity index (χ1n) is 11.0. The van der Waals surface area contributed by atoms with Gasteiger partial charge in [-0.2, -0.15) is 0 Å². The Labute approximate surface area is 182 Å². The molecule has 0 radical (unpaired) electrons. The molecule has 0 atom stereocenters. The van der Waals surface area contributed by atoms with Gasteiger partial charge in [0.15, 0.2) is 11.7 Å². The lowest BCUT2D eigenvalue weighted by atomic mass is 10.1. The van der Waals surface area contributed by atoms with Crippen molar-refractivity contribution in [2.24, 2.45) is 0 Å². The lowest BCUT2D eigenvalue weighted by Crippen LogP contribution is -2.52. The summed E-state index contributed by atoms with van der Waals surface area (Å²) in [5.74, 6) is 1.56. The molecule has 4 rings (SSSR count). The van der Waals surface area contributed by atoms with Crippen LogP contribution in [0.25, 0.3) is 11.3 Å². The first-order chi connectivity index (χ1) is 15.1. The predicted molar refractivity (Wildman–Crippen MR) is 115 cm³/mol. The molecule has 2 aliphatic rings. The van der Waals surface area contributed by atoms with Crippen molar-refractivity contribution in [1.29, 1.82) is 0 Å². The van der Waals surface area contributed by atoms with Crippen LogP contribution >= 0.6 is 0 Å². The number of carbonyl (C=O) groups excluding carboxylic acids is 2. The van der Waals surface area contributed by atoms with Gasteiger partial charge in [-0.25, -0.2) is 4.98 Å². The fourth-order valence-electron chi connectivity index (χ4n) is 3.91. The number of rotatable bonds is 6. The maximum absolute atomic E-state index is 12.6. The van der Waals surface area contributed by atoms with Gasteiger partial charge in [0.05, 0.1) is 26.0 Å². The quantitative estimate of drug-likeness (QED) is 0.698. The number of hydrogen-bond donors (Lipinski definition) is 0. The molecule has 0 aliphatic carbocycles. The van der Waals surface area contributed by atoms with Gasteiger partial charge in [-0.3, -0.25) is 14.5 Å². The number of benzene rings is 1. The highest BCUT2D eigenvalue weighted by Gasteiger charge is 2.25. The summed E-state index contributed by atoms with van der Waals surface area (Å²) in [5.41, 5.74) is 2.18. The average molecular weight is 427 g/mol. The molecule has 2 aromatic rings. The van der Waals surface area contributed by atoms with Gasteiger partial charge in [-0.15, -0.1) is 0 Å². The number of aryl methyl sites for hydroxylation is 2. The Morgan fingerprint density at radius 1 is 0.935 bits per heavy atom. The van der Waals surface area contributed by atoms with Crippen molar-refractivity contribution >= 4 is 11.8 Å². The van der Waals surface area contributed by atoms with Crippen LogP contribution in [0.1, 0.15) is 17.9 Å². The summed E-state index contributed by atoms with van der Waals surface area (Å²) < 4.78 is 11.1. The molecule has 0 N–H and O–H groups in total. The molecule has 8 heteroatoms. The summed E-state index contributed by atoms with van der Waals surface area (Å²) in [6.45, 7) is 7.77. The third-order valence-corrected chi connectivity index (χ3v) is 5.89. The Bertz CT molecular complexity index is 881. The third-order valence-electron chi connectivity index (χ3n) is 5.89. The maximum atomic E-state index is 12.6. The lowest BCUT2D eigenvalue weighted by molar-refractivity contribution is -0.138. The summed E-state index contributed by atoms with van der Waals surface area (Å²) >= 11 is 0. The molecule has 2 fully saturated rings. The van der Waals surface area contributed by atoms with E-state index in [0.717, 1.165) is 24.4 Å². The van der Waals surface area contributed by atoms with Crippen molar-refractivity contribution < 1.29 is 18.7 Å². The van der Waals surface area contributed by atoms with Gasteiger partial charge in [0.25, 0.3) is 0 Å². The summed E-state index contributed by atoms with van der Waals surface area (Å²) in [6, 6.07) is 8.09. The van der Waals surface area contributed by atoms with Crippen LogP contribution in [0.5, 0.6) is 0 Å². The first-order valence-corrected chi connectivity index (χ1v) is 11.0. The molecule has 166 valence electrons. The van der Waals surface area contributed by atoms with E-state index in [1.807, 2.05) is 41.0 Å². The summed E-state index contributed by atoms with van der Waals surface area (Å²) in [6.07, 6.45) is 2.58. The van der Waals surface area contributed by atoms with Crippen LogP contribution < -0.4 is 0 Å². The van der Waals surface area contributed by atoms with Crippen molar-refractivity contribution in [2.75, 3.05) is 59.0 Å². The summed E-state index contributed by atoms with van der Waals surface area (Å²) in [5, 5.41) is 0. The largest absolute Gasteiger partial charge is 0.441 e. The molecular weight excluding hydrogens is 396 g/mol. The van der Waals surface area contributed by atoms with Gasteiger partial charge >= 0.3 is 0 Å². The van der Waals surface area contributed by atoms with Crippen molar-refractivity contribution in [1.82, 2.24) is 19.7 Å². The Balaban J connectivity index is 1.20. The molecule has 0 saturated carbocycles. The first kappa shape index (κ1) is 21.5. The fraction of sp³-hybridized carbons (Fsp3) is 0.522. The van der Waals surface area contributed by atoms with Crippen molar-refractivity contribution in [3.05, 3.63) is 41.9 Å². The average Bonchev–Trinajstić information content (AvgIpc) is 3.28. The van der Waals surface area contributed by atoms with Crippen LogP contribution in [0, 0.1) is 6.92 Å². The molecule has 2 saturated heterocycles. The van der Waals surface area contributed by atoms with Crippen molar-refractivity contribution in [2.45, 2.75) is 19.8 Å². The Morgan fingerprint density at radius 2 is 1.61 bits per heavy atom. The summed E-state index contributed by atoms with van der Waals surface area (Å²) in [7, 11) is 0. The minimum Gasteiger partial charge on any atom is -0.441 e. The van der Waals surface area contributed by atoms with Gasteiger partial charge in [-0.05, 0) is 6.92 Å². The number of piperazine rings is 1. The topological polar surface area (TPSA) is 79.1 Å². The van der Waals surface area contributed by atoms with E-state index in [4.69, 9.17) is 9.15 Å². The van der Waals surface area contributed by atoms with Crippen LogP contribution in [0.15, 0.2) is 34.9 Å². The van der Waals surface area contributed by atoms with Gasteiger partial charge in [0.1, 0.15) is 0 Å². The van der Waals surface area contributed by atoms with Crippen molar-refractivity contribution in [3.8, 4) is 11.3 Å². The zero-order valence-corrected chi connectivity index (χ0v) is 18.1. The number of carbonyl (C=O) groups is 2. The van der Waals surface area contributed by atoms with E-state index in [0.29, 0.717) is 64.7 Å². The molecule has 2 aliphatic heterocycles. The van der Waals surface area contributed by atoms with Crippen LogP contribution in [0.2, 0.25) is 0 Å². The SMILES string of the molecule is Cc1ccc(-c2cnc(CCC(=O)N3CCN(CC(=O)N4CCOCC4)CC3)o2)cc1. The number of amides is 2. The molecular formula is C23H30N4O4. The van der Waals surface area contributed by atoms with Gasteiger partial charge in [0, 0.05) is 57.7 Å². The maximum Gasteiger partial charge on any atom is 0.236 e. The molecule has 0 bridgehead atoms. The molecule has 0 unspecified atom stereocenters. The van der Waals surface area contributed by atoms with Gasteiger partial charge in [0.2, 0.25) is 11.8 Å². The highest BCUT2D eigenvalue weighted by molar-refractivity contribution is 5.78. The highest BCUT2D eigenvalue weighted by Crippen LogP contribution is 2.21. The summed E-state index contributed by atoms with van der Waals surface area (Å²) in [4.78, 5) is 35.2. The molecule has 1 aromatic heterocycles. The Kier molecular flexibility index (Phi) is 6.99. The lowest BCUT2D eigenvalue weighted by Gasteiger charge is -2.36. The van der Waals surface area contributed by atoms with Crippen LogP contribution in [0.3, 0.4) is 0 Å². The smallest absolute Gasteiger partial charge is 0.236 e. The Hall–Kier alpha value is -2.71. The predicted octanol–water partition coefficient (Wildman–Crippen LogP) is 1.59. The monoisotopic (exact) mass is 426 g/mol. The Morgan fingerprint density at radius 3 is 2.32 bits per heavy atom. The third kappa shape index (κ3) is 5.71. The molecule has 1 aromatic carbocycles. The standard InChI is InChI=1S/C23H30N4O4/c1-18-2-4-19(5-3-18)20-16-24-21(31-20)6-7-22(28)26-10-8-25(9-11-26)17-23(29)27-12-14-30-15-13-27/h2-5,16H,6-15,17H2,1H3. The number of ether oxygens (including phenoxy) is 1. The van der Waals surface area contributed by atoms with Crippen LogP contribution in [-0.4, -0.2) is 90.5 Å². The number of oxazole rings is 1. The van der Waals surface area contributed by atoms with Crippen LogP contribution in [-0.2, 0) is 20.7 Å². The highest BCUT2D eigenvalue weighted by atomic mass is 16.5. The fourth-order valence-corrected chi connectivity index (χ4v) is 3.91. The number of hydrogen-bond acceptors (Lipinski definition) is 6. The molecule has 3 heterocycles. The van der Waals surface area contributed by atoms with Crippen LogP contribution in [0.4, 0.5) is 0 Å². The van der Waals surface area contributed by atoms with E-state index in [1.54, 1.807) is 6.20 Å². The van der Waals surface area contributed by atoms with E-state index in [9.17, 15) is 9.59 Å². The van der Waals surface area contributed by atoms with E-state index in [2.05, 4.69) is 9.88 Å². The van der Waals surface area contributed by atoms with Crippen molar-refractivity contribution in [3.63, 3.8) is 0 Å². The second-order valence-corrected chi connectivity index (χ2v) is 8.13. The second-order valence-electron chi connectivity index (χ2n) is 8.13. The zero-order chi connectivity index (χ0) is 21.6. The number of morpholine rings is 1. The zero-order valence-electron chi connectivity index (χ0n) is 18.1. The minimum absolute atomic E-state index is 0.106. The van der Waals surface area contributed by atoms with E-state index in [1.165, 1.54) is 5.56 Å². The van der Waals surface area contributed by atoms with Gasteiger partial charge in [-0.1, -0.05) is 29.8 Å². The molecule has 31 heavy (non-hydrogen) atoms. The van der Waals surface area contributed by atoms with Gasteiger partial charge < -0.3 is 19.0 Å². The second kappa shape index (κ2) is 10.1. The molecule has 8 nitrogen and oxygen atoms in total. The van der Waals surface area contributed by atoms with E-state index < -0.39 is 0 Å². The number of aromatic nitrogens is 1. The van der Waals surface area contributed by atoms with E-state index >= 15 is 0 Å². The minimum atomic E-state index is 0.106. The van der Waals surface area contributed by atoms with E-state index in [-0.39, 0.29) is 11.8 Å². The molecule has 2 amide bonds. The number of nitrogens with zero attached hydrogens (tertiary/aromatic N) is 4.